The Bertz CT molecular complexity index is 326. The highest BCUT2D eigenvalue weighted by Crippen LogP contribution is 2.38. The maximum Gasteiger partial charge on any atom is 0.297 e. The fourth-order valence-electron chi connectivity index (χ4n) is 2.36. The molecule has 2 rings (SSSR count). The number of hydroxylamine groups is 1. The summed E-state index contributed by atoms with van der Waals surface area (Å²) in [6, 6.07) is 0. The number of nitrogens with zero attached hydrogens (tertiary/aromatic N) is 1. The minimum absolute atomic E-state index is 0.121. The Kier molecular flexibility index (Phi) is 3.18. The SMILES string of the molecule is CC(C)/C=[N+](\[O-])[C@@H]1O[C@H](C)[C@H]2OC(C)(C)O[C@H]21. The molecular weight excluding hydrogens is 222 g/mol. The van der Waals surface area contributed by atoms with Crippen LogP contribution < -0.4 is 0 Å². The molecule has 5 heteroatoms. The third kappa shape index (κ3) is 2.46. The predicted octanol–water partition coefficient (Wildman–Crippen LogP) is 1.49. The molecule has 0 unspecified atom stereocenters. The second kappa shape index (κ2) is 4.23. The van der Waals surface area contributed by atoms with E-state index in [-0.39, 0.29) is 24.2 Å². The molecule has 0 aromatic heterocycles. The van der Waals surface area contributed by atoms with Crippen LogP contribution in [0.15, 0.2) is 0 Å². The van der Waals surface area contributed by atoms with Crippen LogP contribution in [0.1, 0.15) is 34.6 Å². The van der Waals surface area contributed by atoms with Crippen molar-refractivity contribution in [1.82, 2.24) is 0 Å². The Labute approximate surface area is 102 Å². The normalized spacial score (nSPS) is 40.9. The van der Waals surface area contributed by atoms with Gasteiger partial charge >= 0.3 is 0 Å². The van der Waals surface area contributed by atoms with Crippen LogP contribution in [0.25, 0.3) is 0 Å². The van der Waals surface area contributed by atoms with Gasteiger partial charge in [0, 0.05) is 5.92 Å². The van der Waals surface area contributed by atoms with Gasteiger partial charge in [0.15, 0.2) is 18.1 Å². The van der Waals surface area contributed by atoms with Crippen molar-refractivity contribution in [3.05, 3.63) is 5.21 Å². The fourth-order valence-corrected chi connectivity index (χ4v) is 2.36. The standard InChI is InChI=1S/C12H21NO4/c1-7(2)6-13(14)11-10-9(8(3)15-11)16-12(4,5)17-10/h6-11H,1-5H3/b13-6-/t8-,9-,10-,11-/m1/s1. The van der Waals surface area contributed by atoms with Gasteiger partial charge in [0.1, 0.15) is 6.10 Å². The molecule has 2 fully saturated rings. The molecule has 5 nitrogen and oxygen atoms in total. The summed E-state index contributed by atoms with van der Waals surface area (Å²) < 4.78 is 18.0. The van der Waals surface area contributed by atoms with Crippen LogP contribution >= 0.6 is 0 Å². The zero-order chi connectivity index (χ0) is 12.8. The van der Waals surface area contributed by atoms with Gasteiger partial charge < -0.3 is 19.4 Å². The van der Waals surface area contributed by atoms with Crippen molar-refractivity contribution >= 4 is 6.21 Å². The lowest BCUT2D eigenvalue weighted by Gasteiger charge is -2.22. The van der Waals surface area contributed by atoms with Crippen LogP contribution in [0.5, 0.6) is 0 Å². The lowest BCUT2D eigenvalue weighted by molar-refractivity contribution is -0.562. The number of fused-ring (bicyclic) bond motifs is 1. The second-order valence-electron chi connectivity index (χ2n) is 5.55. The zero-order valence-electron chi connectivity index (χ0n) is 11.0. The van der Waals surface area contributed by atoms with Gasteiger partial charge in [0.25, 0.3) is 6.23 Å². The van der Waals surface area contributed by atoms with Crippen molar-refractivity contribution in [2.45, 2.75) is 64.9 Å². The van der Waals surface area contributed by atoms with Crippen molar-refractivity contribution in [2.75, 3.05) is 0 Å². The molecule has 0 N–H and O–H groups in total. The van der Waals surface area contributed by atoms with Gasteiger partial charge in [-0.05, 0) is 20.8 Å². The summed E-state index contributed by atoms with van der Waals surface area (Å²) in [5, 5.41) is 12.0. The van der Waals surface area contributed by atoms with Gasteiger partial charge in [0.05, 0.1) is 6.10 Å². The summed E-state index contributed by atoms with van der Waals surface area (Å²) in [4.78, 5) is 0. The van der Waals surface area contributed by atoms with E-state index in [1.54, 1.807) is 6.21 Å². The van der Waals surface area contributed by atoms with Crippen LogP contribution in [0, 0.1) is 11.1 Å². The molecule has 0 aliphatic carbocycles. The molecule has 4 atom stereocenters. The molecular formula is C12H21NO4. The van der Waals surface area contributed by atoms with Crippen molar-refractivity contribution in [1.29, 1.82) is 0 Å². The molecule has 0 saturated carbocycles. The molecule has 0 radical (unpaired) electrons. The number of ether oxygens (including phenoxy) is 3. The van der Waals surface area contributed by atoms with E-state index in [1.807, 2.05) is 34.6 Å². The van der Waals surface area contributed by atoms with Crippen LogP contribution in [0.4, 0.5) is 0 Å². The maximum absolute atomic E-state index is 12.0. The Morgan fingerprint density at radius 3 is 2.41 bits per heavy atom. The van der Waals surface area contributed by atoms with E-state index in [9.17, 15) is 5.21 Å². The molecule has 98 valence electrons. The Morgan fingerprint density at radius 1 is 1.24 bits per heavy atom. The van der Waals surface area contributed by atoms with Crippen LogP contribution in [0.3, 0.4) is 0 Å². The van der Waals surface area contributed by atoms with Gasteiger partial charge in [-0.15, -0.1) is 0 Å². The summed E-state index contributed by atoms with van der Waals surface area (Å²) in [6.45, 7) is 9.53. The minimum Gasteiger partial charge on any atom is -0.622 e. The molecule has 0 aromatic carbocycles. The molecule has 2 heterocycles. The summed E-state index contributed by atoms with van der Waals surface area (Å²) in [5.41, 5.74) is 0. The molecule has 2 aliphatic heterocycles. The molecule has 0 bridgehead atoms. The number of hydrogen-bond acceptors (Lipinski definition) is 4. The third-order valence-corrected chi connectivity index (χ3v) is 2.96. The first kappa shape index (κ1) is 12.8. The molecule has 0 aromatic rings. The van der Waals surface area contributed by atoms with Crippen molar-refractivity contribution in [3.8, 4) is 0 Å². The van der Waals surface area contributed by atoms with E-state index < -0.39 is 12.0 Å². The average molecular weight is 243 g/mol. The minimum atomic E-state index is -0.635. The number of hydrogen-bond donors (Lipinski definition) is 0. The van der Waals surface area contributed by atoms with Gasteiger partial charge in [0.2, 0.25) is 0 Å². The van der Waals surface area contributed by atoms with Crippen molar-refractivity contribution in [2.24, 2.45) is 5.92 Å². The summed E-state index contributed by atoms with van der Waals surface area (Å²) in [6.07, 6.45) is 0.413. The fraction of sp³-hybridized carbons (Fsp3) is 0.917. The number of rotatable bonds is 2. The second-order valence-corrected chi connectivity index (χ2v) is 5.55. The average Bonchev–Trinajstić information content (AvgIpc) is 2.61. The Morgan fingerprint density at radius 2 is 1.82 bits per heavy atom. The highest BCUT2D eigenvalue weighted by molar-refractivity contribution is 5.53. The predicted molar refractivity (Wildman–Crippen MR) is 62.7 cm³/mol. The third-order valence-electron chi connectivity index (χ3n) is 2.96. The van der Waals surface area contributed by atoms with Gasteiger partial charge in [-0.2, -0.15) is 4.74 Å². The lowest BCUT2D eigenvalue weighted by Crippen LogP contribution is -2.37. The first-order valence-electron chi connectivity index (χ1n) is 6.12. The van der Waals surface area contributed by atoms with Crippen molar-refractivity contribution in [3.63, 3.8) is 0 Å². The van der Waals surface area contributed by atoms with Gasteiger partial charge in [-0.25, -0.2) is 0 Å². The van der Waals surface area contributed by atoms with Crippen LogP contribution in [-0.2, 0) is 14.2 Å². The van der Waals surface area contributed by atoms with E-state index in [0.717, 1.165) is 4.74 Å². The Balaban J connectivity index is 2.16. The van der Waals surface area contributed by atoms with Gasteiger partial charge in [-0.1, -0.05) is 13.8 Å². The van der Waals surface area contributed by atoms with E-state index in [0.29, 0.717) is 0 Å². The molecule has 2 aliphatic rings. The van der Waals surface area contributed by atoms with Crippen molar-refractivity contribution < 1.29 is 18.9 Å². The molecule has 2 saturated heterocycles. The smallest absolute Gasteiger partial charge is 0.297 e. The van der Waals surface area contributed by atoms with E-state index in [1.165, 1.54) is 0 Å². The summed E-state index contributed by atoms with van der Waals surface area (Å²) in [7, 11) is 0. The topological polar surface area (TPSA) is 53.8 Å². The first-order valence-corrected chi connectivity index (χ1v) is 6.12. The lowest BCUT2D eigenvalue weighted by atomic mass is 10.1. The monoisotopic (exact) mass is 243 g/mol. The highest BCUT2D eigenvalue weighted by atomic mass is 16.8. The van der Waals surface area contributed by atoms with E-state index in [4.69, 9.17) is 14.2 Å². The molecule has 17 heavy (non-hydrogen) atoms. The maximum atomic E-state index is 12.0. The molecule has 0 spiro atoms. The van der Waals surface area contributed by atoms with Gasteiger partial charge in [-0.3, -0.25) is 0 Å². The summed E-state index contributed by atoms with van der Waals surface area (Å²) in [5.74, 6) is -0.453. The zero-order valence-corrected chi connectivity index (χ0v) is 11.0. The summed E-state index contributed by atoms with van der Waals surface area (Å²) >= 11 is 0. The van der Waals surface area contributed by atoms with Crippen LogP contribution in [0.2, 0.25) is 0 Å². The highest BCUT2D eigenvalue weighted by Gasteiger charge is 2.57. The quantitative estimate of drug-likeness (QED) is 0.319. The Hall–Kier alpha value is -0.650. The van der Waals surface area contributed by atoms with E-state index >= 15 is 0 Å². The van der Waals surface area contributed by atoms with Crippen LogP contribution in [-0.4, -0.2) is 41.3 Å². The first-order chi connectivity index (χ1) is 7.80. The van der Waals surface area contributed by atoms with E-state index in [2.05, 4.69) is 0 Å². The molecule has 0 amide bonds. The largest absolute Gasteiger partial charge is 0.622 e.